The molecule has 0 atom stereocenters. The van der Waals surface area contributed by atoms with Gasteiger partial charge < -0.3 is 24.6 Å². The zero-order valence-electron chi connectivity index (χ0n) is 25.3. The summed E-state index contributed by atoms with van der Waals surface area (Å²) in [6.45, 7) is 0. The minimum Gasteiger partial charge on any atom is -0.474 e. The van der Waals surface area contributed by atoms with E-state index in [1.807, 2.05) is 12.1 Å². The standard InChI is InChI=1S/C16H20N4O.C8H17NO.C7H3ClN4/c1-20(2)12-4-6-13(7-5-12)21-16-15-11(9-17)3-8-14(15)18-10-19-16;1-9(2)7-3-5-8(10)6-4-7;8-6-5-4(1-9)2-10-7(5)12-3-11-6/h3,10,12-13H,4-8H2,1-2H3;7-8,10H,3-6H2,1-2H3;2-3H,(H,10,11,12). The lowest BCUT2D eigenvalue weighted by Gasteiger charge is -2.32. The van der Waals surface area contributed by atoms with Gasteiger partial charge in [-0.15, -0.1) is 0 Å². The molecule has 0 unspecified atom stereocenters. The van der Waals surface area contributed by atoms with Gasteiger partial charge in [-0.2, -0.15) is 10.5 Å². The zero-order valence-corrected chi connectivity index (χ0v) is 26.0. The lowest BCUT2D eigenvalue weighted by atomic mass is 9.92. The first-order valence-corrected chi connectivity index (χ1v) is 15.1. The van der Waals surface area contributed by atoms with Crippen LogP contribution in [0.4, 0.5) is 0 Å². The topological polar surface area (TPSA) is 151 Å². The number of aliphatic hydroxyl groups is 1. The van der Waals surface area contributed by atoms with Gasteiger partial charge in [0.25, 0.3) is 0 Å². The first kappa shape index (κ1) is 32.3. The van der Waals surface area contributed by atoms with Gasteiger partial charge in [-0.05, 0) is 79.6 Å². The van der Waals surface area contributed by atoms with Gasteiger partial charge in [0.2, 0.25) is 5.88 Å². The second-order valence-electron chi connectivity index (χ2n) is 11.6. The Bertz CT molecular complexity index is 1470. The molecule has 2 fully saturated rings. The van der Waals surface area contributed by atoms with Crippen LogP contribution >= 0.6 is 11.6 Å². The number of aliphatic hydroxyl groups excluding tert-OH is 1. The van der Waals surface area contributed by atoms with Crippen LogP contribution in [0.25, 0.3) is 16.6 Å². The highest BCUT2D eigenvalue weighted by molar-refractivity contribution is 6.34. The minimum absolute atomic E-state index is 0.0174. The molecule has 0 radical (unpaired) electrons. The summed E-state index contributed by atoms with van der Waals surface area (Å²) >= 11 is 5.76. The molecule has 0 saturated heterocycles. The molecule has 0 bridgehead atoms. The predicted octanol–water partition coefficient (Wildman–Crippen LogP) is 4.53. The van der Waals surface area contributed by atoms with E-state index in [1.54, 1.807) is 6.20 Å². The van der Waals surface area contributed by atoms with E-state index in [1.165, 1.54) is 12.7 Å². The van der Waals surface area contributed by atoms with Gasteiger partial charge in [0.1, 0.15) is 35.6 Å². The molecule has 3 heterocycles. The summed E-state index contributed by atoms with van der Waals surface area (Å²) in [5.41, 5.74) is 3.40. The number of rotatable bonds is 4. The van der Waals surface area contributed by atoms with Crippen LogP contribution in [-0.2, 0) is 6.42 Å². The molecule has 3 aliphatic rings. The highest BCUT2D eigenvalue weighted by Gasteiger charge is 2.27. The van der Waals surface area contributed by atoms with Crippen LogP contribution in [0.15, 0.2) is 24.9 Å². The fraction of sp³-hybridized carbons (Fsp3) is 0.548. The molecule has 0 aromatic carbocycles. The lowest BCUT2D eigenvalue weighted by molar-refractivity contribution is 0.0926. The quantitative estimate of drug-likeness (QED) is 0.406. The summed E-state index contributed by atoms with van der Waals surface area (Å²) in [5, 5.41) is 27.9. The third-order valence-electron chi connectivity index (χ3n) is 8.37. The number of aromatic amines is 1. The number of nitriles is 2. The van der Waals surface area contributed by atoms with Crippen molar-refractivity contribution in [3.05, 3.63) is 46.9 Å². The molecule has 3 aliphatic carbocycles. The molecule has 43 heavy (non-hydrogen) atoms. The summed E-state index contributed by atoms with van der Waals surface area (Å²) in [4.78, 5) is 23.6. The summed E-state index contributed by atoms with van der Waals surface area (Å²) in [6.07, 6.45) is 15.9. The highest BCUT2D eigenvalue weighted by Crippen LogP contribution is 2.34. The van der Waals surface area contributed by atoms with Crippen LogP contribution < -0.4 is 4.74 Å². The van der Waals surface area contributed by atoms with Crippen molar-refractivity contribution in [2.45, 2.75) is 82.1 Å². The van der Waals surface area contributed by atoms with Crippen LogP contribution in [-0.4, -0.2) is 92.3 Å². The molecule has 11 nitrogen and oxygen atoms in total. The molecule has 12 heteroatoms. The van der Waals surface area contributed by atoms with Crippen molar-refractivity contribution < 1.29 is 9.84 Å². The first-order valence-electron chi connectivity index (χ1n) is 14.7. The first-order chi connectivity index (χ1) is 20.7. The van der Waals surface area contributed by atoms with Gasteiger partial charge in [0, 0.05) is 24.7 Å². The van der Waals surface area contributed by atoms with Gasteiger partial charge >= 0.3 is 0 Å². The van der Waals surface area contributed by atoms with E-state index in [2.05, 4.69) is 69.0 Å². The molecular weight excluding hydrogens is 566 g/mol. The second kappa shape index (κ2) is 15.2. The smallest absolute Gasteiger partial charge is 0.225 e. The molecule has 0 amide bonds. The Labute approximate surface area is 258 Å². The van der Waals surface area contributed by atoms with E-state index in [0.29, 0.717) is 51.7 Å². The van der Waals surface area contributed by atoms with Crippen molar-refractivity contribution >= 4 is 28.2 Å². The van der Waals surface area contributed by atoms with E-state index < -0.39 is 0 Å². The number of allylic oxidation sites excluding steroid dienone is 2. The van der Waals surface area contributed by atoms with Crippen molar-refractivity contribution in [2.24, 2.45) is 0 Å². The normalized spacial score (nSPS) is 22.8. The maximum atomic E-state index is 9.20. The van der Waals surface area contributed by atoms with Gasteiger partial charge in [-0.1, -0.05) is 17.7 Å². The third-order valence-corrected chi connectivity index (χ3v) is 8.66. The number of nitrogens with one attached hydrogen (secondary N) is 1. The number of halogens is 1. The van der Waals surface area contributed by atoms with Crippen LogP contribution in [0, 0.1) is 22.7 Å². The molecule has 3 aromatic rings. The minimum atomic E-state index is -0.0174. The molecule has 0 spiro atoms. The molecule has 0 aliphatic heterocycles. The Kier molecular flexibility index (Phi) is 11.4. The fourth-order valence-corrected chi connectivity index (χ4v) is 5.98. The SMILES string of the molecule is CN(C)C1CCC(O)CC1.CN(C)C1CCC(Oc2ncnc3c2C(C#N)=CC3)CC1.N#Cc1c[nH]c2ncnc(Cl)c12. The second-order valence-corrected chi connectivity index (χ2v) is 11.9. The lowest BCUT2D eigenvalue weighted by Crippen LogP contribution is -2.35. The van der Waals surface area contributed by atoms with E-state index in [4.69, 9.17) is 21.6 Å². The summed E-state index contributed by atoms with van der Waals surface area (Å²) < 4.78 is 6.10. The number of fused-ring (bicyclic) bond motifs is 2. The fourth-order valence-electron chi connectivity index (χ4n) is 5.75. The Morgan fingerprint density at radius 1 is 0.884 bits per heavy atom. The van der Waals surface area contributed by atoms with Gasteiger partial charge in [-0.25, -0.2) is 19.9 Å². The van der Waals surface area contributed by atoms with Crippen LogP contribution in [0.5, 0.6) is 5.88 Å². The Hall–Kier alpha value is -3.61. The number of H-pyrrole nitrogens is 1. The highest BCUT2D eigenvalue weighted by atomic mass is 35.5. The number of hydrogen-bond acceptors (Lipinski definition) is 10. The molecule has 228 valence electrons. The van der Waals surface area contributed by atoms with E-state index >= 15 is 0 Å². The monoisotopic (exact) mass is 605 g/mol. The van der Waals surface area contributed by atoms with E-state index in [9.17, 15) is 10.4 Å². The van der Waals surface area contributed by atoms with Gasteiger partial charge in [0.15, 0.2) is 0 Å². The third kappa shape index (κ3) is 8.27. The number of aromatic nitrogens is 5. The summed E-state index contributed by atoms with van der Waals surface area (Å²) in [5.74, 6) is 0.582. The average Bonchev–Trinajstić information content (AvgIpc) is 3.64. The van der Waals surface area contributed by atoms with Crippen LogP contribution in [0.1, 0.15) is 68.2 Å². The maximum Gasteiger partial charge on any atom is 0.225 e. The van der Waals surface area contributed by atoms with Gasteiger partial charge in [0.05, 0.1) is 40.0 Å². The van der Waals surface area contributed by atoms with Crippen molar-refractivity contribution in [3.63, 3.8) is 0 Å². The van der Waals surface area contributed by atoms with Crippen LogP contribution in [0.3, 0.4) is 0 Å². The van der Waals surface area contributed by atoms with Crippen molar-refractivity contribution in [1.29, 1.82) is 10.5 Å². The Morgan fingerprint density at radius 3 is 2.12 bits per heavy atom. The molecule has 3 aromatic heterocycles. The van der Waals surface area contributed by atoms with Gasteiger partial charge in [-0.3, -0.25) is 0 Å². The van der Waals surface area contributed by atoms with E-state index in [0.717, 1.165) is 62.6 Å². The molecule has 2 N–H and O–H groups in total. The largest absolute Gasteiger partial charge is 0.474 e. The van der Waals surface area contributed by atoms with Crippen molar-refractivity contribution in [1.82, 2.24) is 34.7 Å². The van der Waals surface area contributed by atoms with E-state index in [-0.39, 0.29) is 12.2 Å². The Morgan fingerprint density at radius 2 is 1.51 bits per heavy atom. The summed E-state index contributed by atoms with van der Waals surface area (Å²) in [6, 6.07) is 5.57. The predicted molar refractivity (Wildman–Crippen MR) is 165 cm³/mol. The molecule has 6 rings (SSSR count). The van der Waals surface area contributed by atoms with Crippen molar-refractivity contribution in [3.8, 4) is 18.0 Å². The zero-order chi connectivity index (χ0) is 30.9. The molecule has 2 saturated carbocycles. The summed E-state index contributed by atoms with van der Waals surface area (Å²) in [7, 11) is 8.49. The van der Waals surface area contributed by atoms with Crippen molar-refractivity contribution in [2.75, 3.05) is 28.2 Å². The Balaban J connectivity index is 0.000000163. The molecular formula is C31H40ClN9O2. The number of hydrogen-bond donors (Lipinski definition) is 2. The number of ether oxygens (including phenoxy) is 1. The number of nitrogens with zero attached hydrogens (tertiary/aromatic N) is 8. The average molecular weight is 606 g/mol. The maximum absolute atomic E-state index is 9.20. The van der Waals surface area contributed by atoms with Crippen LogP contribution in [0.2, 0.25) is 5.15 Å².